The predicted octanol–water partition coefficient (Wildman–Crippen LogP) is 3.36. The minimum atomic E-state index is 0.330. The number of carbonyl (C=O) groups excluding carboxylic acids is 1. The van der Waals surface area contributed by atoms with Gasteiger partial charge in [0.15, 0.2) is 0 Å². The van der Waals surface area contributed by atoms with Crippen LogP contribution in [0.2, 0.25) is 0 Å². The summed E-state index contributed by atoms with van der Waals surface area (Å²) in [5.74, 6) is 4.23. The van der Waals surface area contributed by atoms with Crippen LogP contribution >= 0.6 is 0 Å². The summed E-state index contributed by atoms with van der Waals surface area (Å²) in [4.78, 5) is 12.2. The van der Waals surface area contributed by atoms with Crippen LogP contribution in [0.4, 0.5) is 0 Å². The molecule has 0 heterocycles. The topological polar surface area (TPSA) is 29.1 Å². The number of hydrogen-bond donors (Lipinski definition) is 1. The summed E-state index contributed by atoms with van der Waals surface area (Å²) in [6.07, 6.45) is 9.74. The fourth-order valence-electron chi connectivity index (χ4n) is 5.87. The molecule has 2 nitrogen and oxygen atoms in total. The van der Waals surface area contributed by atoms with Gasteiger partial charge in [-0.3, -0.25) is 4.79 Å². The van der Waals surface area contributed by atoms with Crippen LogP contribution in [0, 0.1) is 35.0 Å². The molecule has 0 aromatic rings. The van der Waals surface area contributed by atoms with E-state index in [-0.39, 0.29) is 0 Å². The average Bonchev–Trinajstić information content (AvgIpc) is 3.04. The predicted molar refractivity (Wildman–Crippen MR) is 75.5 cm³/mol. The van der Waals surface area contributed by atoms with Crippen molar-refractivity contribution in [2.24, 2.45) is 35.0 Å². The van der Waals surface area contributed by atoms with E-state index in [1.165, 1.54) is 38.5 Å². The third kappa shape index (κ3) is 1.94. The Balaban J connectivity index is 1.47. The molecule has 0 spiro atoms. The van der Waals surface area contributed by atoms with E-state index in [0.717, 1.165) is 24.2 Å². The molecule has 106 valence electrons. The zero-order valence-corrected chi connectivity index (χ0v) is 12.3. The summed E-state index contributed by atoms with van der Waals surface area (Å²) < 4.78 is 0. The SMILES string of the molecule is C[C@@H]1C[C@@H]1C(=O)N[C@@H](C)C12CC3CC(CC(C3)C1)C2. The number of hydrogen-bond acceptors (Lipinski definition) is 1. The zero-order valence-electron chi connectivity index (χ0n) is 12.3. The van der Waals surface area contributed by atoms with E-state index < -0.39 is 0 Å². The highest BCUT2D eigenvalue weighted by Gasteiger charge is 2.53. The highest BCUT2D eigenvalue weighted by molar-refractivity contribution is 5.81. The summed E-state index contributed by atoms with van der Waals surface area (Å²) >= 11 is 0. The van der Waals surface area contributed by atoms with E-state index in [2.05, 4.69) is 19.2 Å². The Morgan fingerprint density at radius 2 is 1.53 bits per heavy atom. The second kappa shape index (κ2) is 3.99. The fraction of sp³-hybridized carbons (Fsp3) is 0.941. The Hall–Kier alpha value is -0.530. The Kier molecular flexibility index (Phi) is 2.57. The molecule has 1 N–H and O–H groups in total. The molecular weight excluding hydrogens is 234 g/mol. The van der Waals surface area contributed by atoms with Crippen LogP contribution in [0.5, 0.6) is 0 Å². The summed E-state index contributed by atoms with van der Waals surface area (Å²) in [5.41, 5.74) is 0.461. The molecular formula is C17H27NO. The second-order valence-electron chi connectivity index (χ2n) is 8.33. The van der Waals surface area contributed by atoms with Crippen LogP contribution < -0.4 is 5.32 Å². The number of carbonyl (C=O) groups is 1. The van der Waals surface area contributed by atoms with Crippen molar-refractivity contribution in [3.8, 4) is 0 Å². The number of nitrogens with one attached hydrogen (secondary N) is 1. The van der Waals surface area contributed by atoms with Crippen molar-refractivity contribution in [3.05, 3.63) is 0 Å². The summed E-state index contributed by atoms with van der Waals surface area (Å²) in [5, 5.41) is 3.39. The molecule has 0 aliphatic heterocycles. The van der Waals surface area contributed by atoms with Crippen LogP contribution in [0.3, 0.4) is 0 Å². The molecule has 19 heavy (non-hydrogen) atoms. The van der Waals surface area contributed by atoms with E-state index in [4.69, 9.17) is 0 Å². The molecule has 2 heteroatoms. The standard InChI is InChI=1S/C17H27NO/c1-10-3-15(10)16(19)18-11(2)17-7-12-4-13(8-17)6-14(5-12)9-17/h10-15H,3-9H2,1-2H3,(H,18,19)/t10-,11+,12?,13?,14?,15+,17?/m1/s1. The van der Waals surface area contributed by atoms with E-state index in [1.54, 1.807) is 0 Å². The van der Waals surface area contributed by atoms with Crippen molar-refractivity contribution in [3.63, 3.8) is 0 Å². The molecule has 5 rings (SSSR count). The van der Waals surface area contributed by atoms with Crippen molar-refractivity contribution >= 4 is 5.91 Å². The first-order valence-corrected chi connectivity index (χ1v) is 8.36. The Bertz CT molecular complexity index is 367. The quantitative estimate of drug-likeness (QED) is 0.829. The summed E-state index contributed by atoms with van der Waals surface area (Å²) in [6, 6.07) is 0.404. The van der Waals surface area contributed by atoms with Gasteiger partial charge >= 0.3 is 0 Å². The van der Waals surface area contributed by atoms with Crippen molar-refractivity contribution in [1.29, 1.82) is 0 Å². The zero-order chi connectivity index (χ0) is 13.2. The van der Waals surface area contributed by atoms with Crippen molar-refractivity contribution in [1.82, 2.24) is 5.32 Å². The third-order valence-corrected chi connectivity index (χ3v) is 6.81. The lowest BCUT2D eigenvalue weighted by atomic mass is 9.48. The summed E-state index contributed by atoms with van der Waals surface area (Å²) in [7, 11) is 0. The normalized spacial score (nSPS) is 52.0. The minimum Gasteiger partial charge on any atom is -0.353 e. The van der Waals surface area contributed by atoms with E-state index >= 15 is 0 Å². The molecule has 0 aromatic carbocycles. The molecule has 0 saturated heterocycles. The molecule has 5 aliphatic rings. The van der Waals surface area contributed by atoms with Gasteiger partial charge in [0, 0.05) is 12.0 Å². The maximum Gasteiger partial charge on any atom is 0.223 e. The molecule has 0 radical (unpaired) electrons. The molecule has 0 unspecified atom stereocenters. The molecule has 1 amide bonds. The largest absolute Gasteiger partial charge is 0.353 e. The van der Waals surface area contributed by atoms with Crippen LogP contribution in [-0.4, -0.2) is 11.9 Å². The van der Waals surface area contributed by atoms with E-state index in [0.29, 0.717) is 29.2 Å². The van der Waals surface area contributed by atoms with Gasteiger partial charge in [0.25, 0.3) is 0 Å². The van der Waals surface area contributed by atoms with Crippen molar-refractivity contribution < 1.29 is 4.79 Å². The molecule has 5 saturated carbocycles. The lowest BCUT2D eigenvalue weighted by molar-refractivity contribution is -0.127. The number of amides is 1. The smallest absolute Gasteiger partial charge is 0.223 e. The van der Waals surface area contributed by atoms with Crippen LogP contribution in [0.1, 0.15) is 58.8 Å². The van der Waals surface area contributed by atoms with E-state index in [9.17, 15) is 4.79 Å². The molecule has 4 bridgehead atoms. The molecule has 0 aromatic heterocycles. The Morgan fingerprint density at radius 3 is 1.95 bits per heavy atom. The monoisotopic (exact) mass is 261 g/mol. The maximum absolute atomic E-state index is 12.2. The molecule has 5 aliphatic carbocycles. The highest BCUT2D eigenvalue weighted by atomic mass is 16.2. The van der Waals surface area contributed by atoms with Gasteiger partial charge in [0.05, 0.1) is 0 Å². The first kappa shape index (κ1) is 12.2. The van der Waals surface area contributed by atoms with Gasteiger partial charge in [-0.25, -0.2) is 0 Å². The van der Waals surface area contributed by atoms with Crippen molar-refractivity contribution in [2.45, 2.75) is 64.8 Å². The first-order chi connectivity index (χ1) is 9.06. The average molecular weight is 261 g/mol. The van der Waals surface area contributed by atoms with Gasteiger partial charge in [-0.15, -0.1) is 0 Å². The van der Waals surface area contributed by atoms with Gasteiger partial charge in [-0.05, 0) is 81.0 Å². The molecule has 5 fully saturated rings. The van der Waals surface area contributed by atoms with Gasteiger partial charge in [0.2, 0.25) is 5.91 Å². The third-order valence-electron chi connectivity index (χ3n) is 6.81. The van der Waals surface area contributed by atoms with E-state index in [1.807, 2.05) is 0 Å². The highest BCUT2D eigenvalue weighted by Crippen LogP contribution is 2.61. The lowest BCUT2D eigenvalue weighted by Gasteiger charge is -2.59. The van der Waals surface area contributed by atoms with Gasteiger partial charge in [-0.2, -0.15) is 0 Å². The Morgan fingerprint density at radius 1 is 1.05 bits per heavy atom. The van der Waals surface area contributed by atoms with Gasteiger partial charge in [0.1, 0.15) is 0 Å². The van der Waals surface area contributed by atoms with Crippen LogP contribution in [0.15, 0.2) is 0 Å². The van der Waals surface area contributed by atoms with Crippen molar-refractivity contribution in [2.75, 3.05) is 0 Å². The van der Waals surface area contributed by atoms with Crippen LogP contribution in [0.25, 0.3) is 0 Å². The molecule has 3 atom stereocenters. The van der Waals surface area contributed by atoms with Crippen LogP contribution in [-0.2, 0) is 4.79 Å². The number of rotatable bonds is 3. The van der Waals surface area contributed by atoms with Gasteiger partial charge in [-0.1, -0.05) is 6.92 Å². The Labute approximate surface area is 116 Å². The lowest BCUT2D eigenvalue weighted by Crippen LogP contribution is -2.56. The minimum absolute atomic E-state index is 0.330. The fourth-order valence-corrected chi connectivity index (χ4v) is 5.87. The first-order valence-electron chi connectivity index (χ1n) is 8.36. The summed E-state index contributed by atoms with van der Waals surface area (Å²) in [6.45, 7) is 4.48. The van der Waals surface area contributed by atoms with Gasteiger partial charge < -0.3 is 5.32 Å². The second-order valence-corrected chi connectivity index (χ2v) is 8.33. The maximum atomic E-state index is 12.2.